The molecule has 1 heterocycles. The van der Waals surface area contributed by atoms with E-state index in [2.05, 4.69) is 4.99 Å². The first-order chi connectivity index (χ1) is 7.58. The zero-order valence-corrected chi connectivity index (χ0v) is 9.69. The maximum atomic E-state index is 11.7. The minimum Gasteiger partial charge on any atom is -0.298 e. The number of rotatable bonds is 1. The van der Waals surface area contributed by atoms with Gasteiger partial charge in [0.25, 0.3) is 5.91 Å². The van der Waals surface area contributed by atoms with Crippen LogP contribution in [0.3, 0.4) is 0 Å². The van der Waals surface area contributed by atoms with Crippen molar-refractivity contribution in [1.82, 2.24) is 4.90 Å². The fourth-order valence-electron chi connectivity index (χ4n) is 1.63. The van der Waals surface area contributed by atoms with Crippen LogP contribution in [0.5, 0.6) is 0 Å². The van der Waals surface area contributed by atoms with Crippen molar-refractivity contribution in [3.05, 3.63) is 41.1 Å². The van der Waals surface area contributed by atoms with Gasteiger partial charge in [-0.2, -0.15) is 0 Å². The zero-order valence-electron chi connectivity index (χ0n) is 9.69. The Kier molecular flexibility index (Phi) is 2.60. The molecule has 0 saturated heterocycles. The average Bonchev–Trinajstić information content (AvgIpc) is 2.47. The van der Waals surface area contributed by atoms with E-state index in [1.165, 1.54) is 5.56 Å². The molecular weight excluding hydrogens is 200 g/mol. The Balaban J connectivity index is 2.36. The highest BCUT2D eigenvalue weighted by Crippen LogP contribution is 2.17. The maximum absolute atomic E-state index is 11.7. The second kappa shape index (κ2) is 3.93. The van der Waals surface area contributed by atoms with Crippen LogP contribution in [0.2, 0.25) is 0 Å². The van der Waals surface area contributed by atoms with Crippen molar-refractivity contribution in [1.29, 1.82) is 0 Å². The normalized spacial score (nSPS) is 18.2. The van der Waals surface area contributed by atoms with Crippen molar-refractivity contribution in [3.63, 3.8) is 0 Å². The van der Waals surface area contributed by atoms with Gasteiger partial charge in [0.05, 0.1) is 0 Å². The summed E-state index contributed by atoms with van der Waals surface area (Å²) in [5.74, 6) is 0.697. The Morgan fingerprint density at radius 3 is 2.62 bits per heavy atom. The fraction of sp³-hybridized carbons (Fsp3) is 0.231. The summed E-state index contributed by atoms with van der Waals surface area (Å²) in [6.07, 6.45) is 1.82. The number of hydrogen-bond donors (Lipinski definition) is 0. The lowest BCUT2D eigenvalue weighted by atomic mass is 10.1. The minimum atomic E-state index is -0.0426. The number of amides is 1. The van der Waals surface area contributed by atoms with Gasteiger partial charge in [0.15, 0.2) is 0 Å². The summed E-state index contributed by atoms with van der Waals surface area (Å²) in [5, 5.41) is 0. The molecule has 3 heteroatoms. The van der Waals surface area contributed by atoms with E-state index in [0.717, 1.165) is 11.4 Å². The van der Waals surface area contributed by atoms with E-state index in [9.17, 15) is 4.79 Å². The van der Waals surface area contributed by atoms with Crippen LogP contribution < -0.4 is 0 Å². The topological polar surface area (TPSA) is 32.7 Å². The number of carbonyl (C=O) groups excluding carboxylic acids is 1. The molecule has 0 aromatic heterocycles. The molecular formula is C13H14N2O. The molecule has 0 spiro atoms. The van der Waals surface area contributed by atoms with Crippen molar-refractivity contribution in [2.75, 3.05) is 7.05 Å². The lowest BCUT2D eigenvalue weighted by Gasteiger charge is -2.06. The van der Waals surface area contributed by atoms with Gasteiger partial charge in [-0.1, -0.05) is 29.8 Å². The molecule has 0 unspecified atom stereocenters. The SMILES string of the molecule is CC1=N/C(=C\c2cccc(C)c2)C(=O)N1C. The largest absolute Gasteiger partial charge is 0.298 e. The highest BCUT2D eigenvalue weighted by Gasteiger charge is 2.23. The quantitative estimate of drug-likeness (QED) is 0.660. The average molecular weight is 214 g/mol. The first-order valence-electron chi connectivity index (χ1n) is 5.19. The summed E-state index contributed by atoms with van der Waals surface area (Å²) in [4.78, 5) is 17.5. The first kappa shape index (κ1) is 10.6. The molecule has 1 amide bonds. The number of likely N-dealkylation sites (N-methyl/N-ethyl adjacent to an activating group) is 1. The van der Waals surface area contributed by atoms with E-state index >= 15 is 0 Å². The monoisotopic (exact) mass is 214 g/mol. The zero-order chi connectivity index (χ0) is 11.7. The van der Waals surface area contributed by atoms with Crippen LogP contribution in [-0.2, 0) is 4.79 Å². The van der Waals surface area contributed by atoms with Gasteiger partial charge < -0.3 is 0 Å². The van der Waals surface area contributed by atoms with Crippen molar-refractivity contribution in [2.24, 2.45) is 4.99 Å². The number of nitrogens with zero attached hydrogens (tertiary/aromatic N) is 2. The van der Waals surface area contributed by atoms with Gasteiger partial charge in [0, 0.05) is 7.05 Å². The molecule has 0 bridgehead atoms. The van der Waals surface area contributed by atoms with Gasteiger partial charge in [-0.05, 0) is 25.5 Å². The number of aliphatic imine (C=N–C) groups is 1. The third kappa shape index (κ3) is 1.89. The van der Waals surface area contributed by atoms with Crippen LogP contribution >= 0.6 is 0 Å². The third-order valence-electron chi connectivity index (χ3n) is 2.64. The summed E-state index contributed by atoms with van der Waals surface area (Å²) in [5.41, 5.74) is 2.69. The van der Waals surface area contributed by atoms with Gasteiger partial charge in [0.1, 0.15) is 11.5 Å². The van der Waals surface area contributed by atoms with Crippen molar-refractivity contribution in [3.8, 4) is 0 Å². The molecule has 3 nitrogen and oxygen atoms in total. The Morgan fingerprint density at radius 2 is 2.06 bits per heavy atom. The molecule has 0 N–H and O–H groups in total. The van der Waals surface area contributed by atoms with Crippen LogP contribution in [0.25, 0.3) is 6.08 Å². The molecule has 16 heavy (non-hydrogen) atoms. The fourth-order valence-corrected chi connectivity index (χ4v) is 1.63. The molecule has 0 radical (unpaired) electrons. The second-order valence-electron chi connectivity index (χ2n) is 3.97. The summed E-state index contributed by atoms with van der Waals surface area (Å²) >= 11 is 0. The molecule has 1 aliphatic rings. The number of aryl methyl sites for hydroxylation is 1. The van der Waals surface area contributed by atoms with E-state index in [1.807, 2.05) is 44.2 Å². The molecule has 0 aliphatic carbocycles. The Labute approximate surface area is 95.1 Å². The number of carbonyl (C=O) groups is 1. The Hall–Kier alpha value is -1.90. The van der Waals surface area contributed by atoms with Gasteiger partial charge in [-0.3, -0.25) is 9.69 Å². The smallest absolute Gasteiger partial charge is 0.277 e. The summed E-state index contributed by atoms with van der Waals surface area (Å²) in [6, 6.07) is 8.00. The highest BCUT2D eigenvalue weighted by atomic mass is 16.2. The van der Waals surface area contributed by atoms with E-state index in [1.54, 1.807) is 11.9 Å². The molecule has 0 atom stereocenters. The van der Waals surface area contributed by atoms with Gasteiger partial charge in [0.2, 0.25) is 0 Å². The van der Waals surface area contributed by atoms with Crippen LogP contribution in [0.15, 0.2) is 35.0 Å². The lowest BCUT2D eigenvalue weighted by molar-refractivity contribution is -0.121. The summed E-state index contributed by atoms with van der Waals surface area (Å²) in [7, 11) is 1.73. The van der Waals surface area contributed by atoms with Crippen LogP contribution in [0.4, 0.5) is 0 Å². The van der Waals surface area contributed by atoms with E-state index in [-0.39, 0.29) is 5.91 Å². The first-order valence-corrected chi connectivity index (χ1v) is 5.19. The summed E-state index contributed by atoms with van der Waals surface area (Å²) in [6.45, 7) is 3.86. The minimum absolute atomic E-state index is 0.0426. The van der Waals surface area contributed by atoms with E-state index < -0.39 is 0 Å². The number of benzene rings is 1. The van der Waals surface area contributed by atoms with Crippen molar-refractivity contribution in [2.45, 2.75) is 13.8 Å². The number of hydrogen-bond acceptors (Lipinski definition) is 2. The molecule has 1 aromatic carbocycles. The summed E-state index contributed by atoms with van der Waals surface area (Å²) < 4.78 is 0. The van der Waals surface area contributed by atoms with Crippen molar-refractivity contribution < 1.29 is 4.79 Å². The Bertz CT molecular complexity index is 500. The lowest BCUT2D eigenvalue weighted by Crippen LogP contribution is -2.25. The molecule has 1 aromatic rings. The molecule has 0 fully saturated rings. The van der Waals surface area contributed by atoms with E-state index in [0.29, 0.717) is 5.70 Å². The number of amidine groups is 1. The van der Waals surface area contributed by atoms with E-state index in [4.69, 9.17) is 0 Å². The van der Waals surface area contributed by atoms with Gasteiger partial charge in [-0.15, -0.1) is 0 Å². The molecule has 0 saturated carbocycles. The maximum Gasteiger partial charge on any atom is 0.277 e. The van der Waals surface area contributed by atoms with Gasteiger partial charge in [-0.25, -0.2) is 4.99 Å². The van der Waals surface area contributed by atoms with Crippen LogP contribution in [0.1, 0.15) is 18.1 Å². The van der Waals surface area contributed by atoms with Gasteiger partial charge >= 0.3 is 0 Å². The van der Waals surface area contributed by atoms with Crippen LogP contribution in [-0.4, -0.2) is 23.7 Å². The van der Waals surface area contributed by atoms with Crippen LogP contribution in [0, 0.1) is 6.92 Å². The molecule has 1 aliphatic heterocycles. The standard InChI is InChI=1S/C13H14N2O/c1-9-5-4-6-11(7-9)8-12-13(16)15(3)10(2)14-12/h4-8H,1-3H3/b12-8-. The Morgan fingerprint density at radius 1 is 1.31 bits per heavy atom. The molecule has 82 valence electrons. The van der Waals surface area contributed by atoms with Crippen molar-refractivity contribution >= 4 is 17.8 Å². The predicted molar refractivity (Wildman–Crippen MR) is 65.0 cm³/mol. The second-order valence-corrected chi connectivity index (χ2v) is 3.97. The predicted octanol–water partition coefficient (Wildman–Crippen LogP) is 2.23. The third-order valence-corrected chi connectivity index (χ3v) is 2.64. The molecule has 2 rings (SSSR count). The highest BCUT2D eigenvalue weighted by molar-refractivity contribution is 6.13.